The van der Waals surface area contributed by atoms with Crippen LogP contribution in [0.15, 0.2) is 42.5 Å². The molecule has 2 aliphatic rings. The van der Waals surface area contributed by atoms with Crippen LogP contribution in [-0.4, -0.2) is 50.3 Å². The number of hydrogen-bond donors (Lipinski definition) is 4. The molecule has 4 rings (SSSR count). The minimum Gasteiger partial charge on any atom is -0.507 e. The Balaban J connectivity index is 1.62. The van der Waals surface area contributed by atoms with E-state index in [2.05, 4.69) is 5.32 Å². The smallest absolute Gasteiger partial charge is 0.235 e. The number of nitrogens with zero attached hydrogens (tertiary/aromatic N) is 1. The van der Waals surface area contributed by atoms with Gasteiger partial charge < -0.3 is 20.9 Å². The molecule has 0 aliphatic carbocycles. The fraction of sp³-hybridized carbons (Fsp3) is 0.375. The first kappa shape index (κ1) is 23.1. The lowest BCUT2D eigenvalue weighted by Gasteiger charge is -2.25. The van der Waals surface area contributed by atoms with Crippen molar-refractivity contribution in [2.45, 2.75) is 38.3 Å². The molecule has 0 saturated carbocycles. The number of nitrogen functional groups attached to an aromatic ring is 1. The van der Waals surface area contributed by atoms with E-state index in [4.69, 9.17) is 15.9 Å². The zero-order valence-corrected chi connectivity index (χ0v) is 19.4. The second-order valence-corrected chi connectivity index (χ2v) is 10.5. The SMILES string of the molecule is CCS(=O)(=O)N1c2ccc(OC3CCNCC3)cc2CC1/C=C/c1cc(C(=N)N)ccc1O. The first-order chi connectivity index (χ1) is 15.8. The lowest BCUT2D eigenvalue weighted by atomic mass is 10.1. The number of benzene rings is 2. The van der Waals surface area contributed by atoms with Crippen molar-refractivity contribution in [3.8, 4) is 11.5 Å². The van der Waals surface area contributed by atoms with Crippen LogP contribution in [-0.2, 0) is 16.4 Å². The topological polar surface area (TPSA) is 129 Å². The Labute approximate surface area is 194 Å². The van der Waals surface area contributed by atoms with E-state index in [0.717, 1.165) is 37.2 Å². The Morgan fingerprint density at radius 2 is 2.03 bits per heavy atom. The fourth-order valence-corrected chi connectivity index (χ4v) is 5.63. The number of fused-ring (bicyclic) bond motifs is 1. The number of aromatic hydroxyl groups is 1. The summed E-state index contributed by atoms with van der Waals surface area (Å²) in [7, 11) is -3.52. The number of nitrogens with two attached hydrogens (primary N) is 1. The van der Waals surface area contributed by atoms with Crippen LogP contribution in [0.3, 0.4) is 0 Å². The summed E-state index contributed by atoms with van der Waals surface area (Å²) >= 11 is 0. The summed E-state index contributed by atoms with van der Waals surface area (Å²) in [5.41, 5.74) is 8.09. The largest absolute Gasteiger partial charge is 0.507 e. The standard InChI is InChI=1S/C24H30N4O4S/c1-2-33(30,31)28-19(5-3-16-13-17(24(25)26)4-8-23(16)29)14-18-15-21(6-7-22(18)28)32-20-9-11-27-12-10-20/h3-8,13,15,19-20,27,29H,2,9-12,14H2,1H3,(H3,25,26)/b5-3+. The van der Waals surface area contributed by atoms with Crippen molar-refractivity contribution in [3.05, 3.63) is 59.2 Å². The summed E-state index contributed by atoms with van der Waals surface area (Å²) in [4.78, 5) is 0. The fourth-order valence-electron chi connectivity index (χ4n) is 4.32. The average molecular weight is 471 g/mol. The molecule has 2 aromatic carbocycles. The molecule has 1 atom stereocenters. The van der Waals surface area contributed by atoms with Crippen LogP contribution in [0.25, 0.3) is 6.08 Å². The van der Waals surface area contributed by atoms with E-state index in [9.17, 15) is 13.5 Å². The maximum atomic E-state index is 13.0. The van der Waals surface area contributed by atoms with Crippen LogP contribution < -0.4 is 20.1 Å². The van der Waals surface area contributed by atoms with E-state index in [-0.39, 0.29) is 23.4 Å². The van der Waals surface area contributed by atoms with Crippen molar-refractivity contribution >= 4 is 27.6 Å². The van der Waals surface area contributed by atoms with Gasteiger partial charge in [-0.3, -0.25) is 9.71 Å². The molecule has 0 amide bonds. The highest BCUT2D eigenvalue weighted by Crippen LogP contribution is 2.38. The van der Waals surface area contributed by atoms with Gasteiger partial charge in [0.25, 0.3) is 0 Å². The number of amidine groups is 1. The Hall–Kier alpha value is -3.04. The number of sulfonamides is 1. The van der Waals surface area contributed by atoms with Gasteiger partial charge >= 0.3 is 0 Å². The quantitative estimate of drug-likeness (QED) is 0.364. The Morgan fingerprint density at radius 1 is 1.27 bits per heavy atom. The van der Waals surface area contributed by atoms with Gasteiger partial charge in [0.1, 0.15) is 23.4 Å². The van der Waals surface area contributed by atoms with Crippen LogP contribution in [0.1, 0.15) is 36.5 Å². The molecule has 33 heavy (non-hydrogen) atoms. The zero-order valence-electron chi connectivity index (χ0n) is 18.6. The molecule has 2 heterocycles. The molecule has 8 nitrogen and oxygen atoms in total. The third-order valence-corrected chi connectivity index (χ3v) is 7.91. The van der Waals surface area contributed by atoms with E-state index < -0.39 is 16.1 Å². The molecule has 1 fully saturated rings. The van der Waals surface area contributed by atoms with Crippen LogP contribution in [0.2, 0.25) is 0 Å². The number of ether oxygens (including phenoxy) is 1. The summed E-state index contributed by atoms with van der Waals surface area (Å²) in [5, 5.41) is 21.1. The number of anilines is 1. The van der Waals surface area contributed by atoms with Crippen molar-refractivity contribution in [2.75, 3.05) is 23.1 Å². The van der Waals surface area contributed by atoms with Gasteiger partial charge in [-0.15, -0.1) is 0 Å². The van der Waals surface area contributed by atoms with Gasteiger partial charge in [0.15, 0.2) is 0 Å². The Morgan fingerprint density at radius 3 is 2.73 bits per heavy atom. The molecule has 2 aliphatic heterocycles. The highest BCUT2D eigenvalue weighted by atomic mass is 32.2. The minimum atomic E-state index is -3.52. The number of phenolic OH excluding ortho intramolecular Hbond substituents is 1. The molecule has 0 spiro atoms. The lowest BCUT2D eigenvalue weighted by Crippen LogP contribution is -2.37. The normalized spacial score (nSPS) is 19.1. The Bertz CT molecular complexity index is 1170. The molecule has 0 aromatic heterocycles. The molecule has 0 radical (unpaired) electrons. The van der Waals surface area contributed by atoms with Crippen LogP contribution in [0, 0.1) is 5.41 Å². The average Bonchev–Trinajstić information content (AvgIpc) is 3.17. The molecule has 5 N–H and O–H groups in total. The molecule has 1 saturated heterocycles. The second kappa shape index (κ2) is 9.44. The summed E-state index contributed by atoms with van der Waals surface area (Å²) in [6.07, 6.45) is 6.02. The highest BCUT2D eigenvalue weighted by molar-refractivity contribution is 7.92. The minimum absolute atomic E-state index is 0.0187. The van der Waals surface area contributed by atoms with E-state index in [1.807, 2.05) is 18.2 Å². The summed E-state index contributed by atoms with van der Waals surface area (Å²) in [5.74, 6) is 0.671. The summed E-state index contributed by atoms with van der Waals surface area (Å²) in [6.45, 7) is 3.50. The maximum absolute atomic E-state index is 13.0. The molecule has 9 heteroatoms. The van der Waals surface area contributed by atoms with Crippen LogP contribution in [0.4, 0.5) is 5.69 Å². The van der Waals surface area contributed by atoms with Gasteiger partial charge in [-0.1, -0.05) is 12.2 Å². The van der Waals surface area contributed by atoms with Crippen molar-refractivity contribution in [1.29, 1.82) is 5.41 Å². The van der Waals surface area contributed by atoms with Crippen molar-refractivity contribution in [1.82, 2.24) is 5.32 Å². The van der Waals surface area contributed by atoms with Crippen molar-refractivity contribution in [2.24, 2.45) is 5.73 Å². The van der Waals surface area contributed by atoms with E-state index >= 15 is 0 Å². The summed E-state index contributed by atoms with van der Waals surface area (Å²) < 4.78 is 33.5. The van der Waals surface area contributed by atoms with Gasteiger partial charge in [-0.2, -0.15) is 0 Å². The lowest BCUT2D eigenvalue weighted by molar-refractivity contribution is 0.162. The van der Waals surface area contributed by atoms with E-state index in [1.165, 1.54) is 10.4 Å². The first-order valence-electron chi connectivity index (χ1n) is 11.2. The summed E-state index contributed by atoms with van der Waals surface area (Å²) in [6, 6.07) is 9.83. The molecular weight excluding hydrogens is 440 g/mol. The van der Waals surface area contributed by atoms with E-state index in [0.29, 0.717) is 23.2 Å². The Kier molecular flexibility index (Phi) is 6.62. The van der Waals surface area contributed by atoms with E-state index in [1.54, 1.807) is 31.2 Å². The number of nitrogens with one attached hydrogen (secondary N) is 2. The molecule has 176 valence electrons. The van der Waals surface area contributed by atoms with Crippen LogP contribution in [0.5, 0.6) is 11.5 Å². The third kappa shape index (κ3) is 4.99. The predicted molar refractivity (Wildman–Crippen MR) is 131 cm³/mol. The maximum Gasteiger partial charge on any atom is 0.235 e. The third-order valence-electron chi connectivity index (χ3n) is 6.11. The predicted octanol–water partition coefficient (Wildman–Crippen LogP) is 2.60. The van der Waals surface area contributed by atoms with Gasteiger partial charge in [-0.05, 0) is 81.2 Å². The van der Waals surface area contributed by atoms with Gasteiger partial charge in [0.05, 0.1) is 17.5 Å². The monoisotopic (exact) mass is 470 g/mol. The zero-order chi connectivity index (χ0) is 23.6. The van der Waals surface area contributed by atoms with Gasteiger partial charge in [0.2, 0.25) is 10.0 Å². The molecular formula is C24H30N4O4S. The van der Waals surface area contributed by atoms with Crippen molar-refractivity contribution < 1.29 is 18.3 Å². The highest BCUT2D eigenvalue weighted by Gasteiger charge is 2.35. The van der Waals surface area contributed by atoms with Gasteiger partial charge in [0, 0.05) is 11.1 Å². The number of phenols is 1. The van der Waals surface area contributed by atoms with Gasteiger partial charge in [-0.25, -0.2) is 8.42 Å². The second-order valence-electron chi connectivity index (χ2n) is 8.37. The number of rotatable bonds is 7. The van der Waals surface area contributed by atoms with Crippen molar-refractivity contribution in [3.63, 3.8) is 0 Å². The number of piperidine rings is 1. The molecule has 2 aromatic rings. The molecule has 0 bridgehead atoms. The van der Waals surface area contributed by atoms with Crippen LogP contribution >= 0.6 is 0 Å². The first-order valence-corrected chi connectivity index (χ1v) is 12.8. The molecule has 1 unspecified atom stereocenters. The number of hydrogen-bond acceptors (Lipinski definition) is 6.